The van der Waals surface area contributed by atoms with Gasteiger partial charge in [0.2, 0.25) is 0 Å². The van der Waals surface area contributed by atoms with Crippen molar-refractivity contribution in [1.82, 2.24) is 5.32 Å². The summed E-state index contributed by atoms with van der Waals surface area (Å²) >= 11 is 0. The zero-order valence-corrected chi connectivity index (χ0v) is 18.6. The lowest BCUT2D eigenvalue weighted by molar-refractivity contribution is -0.144. The highest BCUT2D eigenvalue weighted by molar-refractivity contribution is 5.99. The van der Waals surface area contributed by atoms with Gasteiger partial charge in [-0.25, -0.2) is 0 Å². The number of methoxy groups -OCH3 is 2. The Morgan fingerprint density at radius 1 is 0.818 bits per heavy atom. The van der Waals surface area contributed by atoms with E-state index in [1.807, 2.05) is 60.7 Å². The van der Waals surface area contributed by atoms with E-state index in [2.05, 4.69) is 5.32 Å². The van der Waals surface area contributed by atoms with E-state index in [4.69, 9.17) is 14.2 Å². The molecule has 1 amide bonds. The zero-order valence-electron chi connectivity index (χ0n) is 18.6. The number of aliphatic carboxylic acids is 1. The summed E-state index contributed by atoms with van der Waals surface area (Å²) in [4.78, 5) is 24.7. The molecule has 33 heavy (non-hydrogen) atoms. The molecule has 0 aliphatic heterocycles. The van der Waals surface area contributed by atoms with Gasteiger partial charge in [-0.3, -0.25) is 9.59 Å². The summed E-state index contributed by atoms with van der Waals surface area (Å²) in [6.45, 7) is 0.237. The number of carbonyl (C=O) groups is 2. The Labute approximate surface area is 192 Å². The topological polar surface area (TPSA) is 94.1 Å². The molecule has 0 heterocycles. The van der Waals surface area contributed by atoms with E-state index in [-0.39, 0.29) is 31.0 Å². The summed E-state index contributed by atoms with van der Waals surface area (Å²) in [5.41, 5.74) is 0.513. The minimum absolute atomic E-state index is 0.0836. The number of carbonyl (C=O) groups excluding carboxylic acids is 1. The van der Waals surface area contributed by atoms with Crippen LogP contribution in [0.1, 0.15) is 27.9 Å². The minimum atomic E-state index is -1.21. The van der Waals surface area contributed by atoms with Gasteiger partial charge in [0.25, 0.3) is 5.91 Å². The summed E-state index contributed by atoms with van der Waals surface area (Å²) in [5.74, 6) is -0.593. The van der Waals surface area contributed by atoms with E-state index >= 15 is 0 Å². The van der Waals surface area contributed by atoms with Crippen LogP contribution in [0.5, 0.6) is 11.5 Å². The van der Waals surface area contributed by atoms with Gasteiger partial charge >= 0.3 is 5.97 Å². The number of hydrogen-bond acceptors (Lipinski definition) is 5. The SMILES string of the molecule is COc1cccc(OC)c1C(=O)NCCOC(CC(=O)O)(c1ccccc1)c1ccccc1. The molecular formula is C26H27NO6. The van der Waals surface area contributed by atoms with Gasteiger partial charge in [0.15, 0.2) is 0 Å². The van der Waals surface area contributed by atoms with Gasteiger partial charge < -0.3 is 24.6 Å². The number of benzene rings is 3. The number of carboxylic acids is 1. The van der Waals surface area contributed by atoms with Crippen molar-refractivity contribution in [2.75, 3.05) is 27.4 Å². The number of nitrogens with one attached hydrogen (secondary N) is 1. The van der Waals surface area contributed by atoms with Crippen LogP contribution >= 0.6 is 0 Å². The first-order valence-corrected chi connectivity index (χ1v) is 10.5. The molecule has 0 saturated heterocycles. The molecule has 0 spiro atoms. The number of hydrogen-bond donors (Lipinski definition) is 2. The van der Waals surface area contributed by atoms with Crippen LogP contribution in [0.4, 0.5) is 0 Å². The van der Waals surface area contributed by atoms with Gasteiger partial charge in [-0.05, 0) is 23.3 Å². The summed E-state index contributed by atoms with van der Waals surface area (Å²) < 4.78 is 16.8. The normalized spacial score (nSPS) is 11.0. The average molecular weight is 450 g/mol. The van der Waals surface area contributed by atoms with Gasteiger partial charge in [-0.2, -0.15) is 0 Å². The number of carboxylic acid groups (broad SMARTS) is 1. The Balaban J connectivity index is 1.81. The maximum absolute atomic E-state index is 12.8. The number of ether oxygens (including phenoxy) is 3. The van der Waals surface area contributed by atoms with Crippen LogP contribution in [0.3, 0.4) is 0 Å². The molecule has 0 fully saturated rings. The fourth-order valence-electron chi connectivity index (χ4n) is 3.77. The molecule has 0 aliphatic carbocycles. The van der Waals surface area contributed by atoms with Crippen molar-refractivity contribution in [2.45, 2.75) is 12.0 Å². The molecule has 172 valence electrons. The summed E-state index contributed by atoms with van der Waals surface area (Å²) in [7, 11) is 2.96. The van der Waals surface area contributed by atoms with Crippen LogP contribution in [-0.4, -0.2) is 44.4 Å². The van der Waals surface area contributed by atoms with Crippen molar-refractivity contribution < 1.29 is 28.9 Å². The molecule has 3 rings (SSSR count). The average Bonchev–Trinajstić information content (AvgIpc) is 2.86. The molecule has 2 N–H and O–H groups in total. The second-order valence-corrected chi connectivity index (χ2v) is 7.27. The second-order valence-electron chi connectivity index (χ2n) is 7.27. The molecule has 0 radical (unpaired) electrons. The van der Waals surface area contributed by atoms with Crippen LogP contribution in [0, 0.1) is 0 Å². The highest BCUT2D eigenvalue weighted by atomic mass is 16.5. The van der Waals surface area contributed by atoms with Crippen LogP contribution in [0.2, 0.25) is 0 Å². The molecule has 7 nitrogen and oxygen atoms in total. The summed E-state index contributed by atoms with van der Waals surface area (Å²) in [6, 6.07) is 23.5. The lowest BCUT2D eigenvalue weighted by Gasteiger charge is -2.34. The van der Waals surface area contributed by atoms with E-state index in [1.165, 1.54) is 14.2 Å². The Morgan fingerprint density at radius 3 is 1.79 bits per heavy atom. The fourth-order valence-corrected chi connectivity index (χ4v) is 3.77. The van der Waals surface area contributed by atoms with E-state index in [1.54, 1.807) is 18.2 Å². The highest BCUT2D eigenvalue weighted by Crippen LogP contribution is 2.37. The van der Waals surface area contributed by atoms with Crippen molar-refractivity contribution in [3.8, 4) is 11.5 Å². The quantitative estimate of drug-likeness (QED) is 0.432. The lowest BCUT2D eigenvalue weighted by Crippen LogP contribution is -2.37. The predicted molar refractivity (Wildman–Crippen MR) is 124 cm³/mol. The van der Waals surface area contributed by atoms with E-state index in [9.17, 15) is 14.7 Å². The van der Waals surface area contributed by atoms with Gasteiger partial charge in [-0.15, -0.1) is 0 Å². The van der Waals surface area contributed by atoms with E-state index in [0.29, 0.717) is 11.5 Å². The molecule has 0 unspecified atom stereocenters. The van der Waals surface area contributed by atoms with Crippen molar-refractivity contribution in [3.05, 3.63) is 95.6 Å². The Morgan fingerprint density at radius 2 is 1.33 bits per heavy atom. The Kier molecular flexibility index (Phi) is 8.05. The van der Waals surface area contributed by atoms with Crippen LogP contribution in [0.15, 0.2) is 78.9 Å². The van der Waals surface area contributed by atoms with Crippen LogP contribution in [0.25, 0.3) is 0 Å². The molecule has 0 aromatic heterocycles. The highest BCUT2D eigenvalue weighted by Gasteiger charge is 2.38. The third kappa shape index (κ3) is 5.51. The fraction of sp³-hybridized carbons (Fsp3) is 0.231. The third-order valence-corrected chi connectivity index (χ3v) is 5.27. The molecular weight excluding hydrogens is 422 g/mol. The second kappa shape index (κ2) is 11.2. The number of rotatable bonds is 11. The van der Waals surface area contributed by atoms with Gasteiger partial charge in [-0.1, -0.05) is 66.7 Å². The van der Waals surface area contributed by atoms with Gasteiger partial charge in [0, 0.05) is 6.54 Å². The molecule has 3 aromatic carbocycles. The smallest absolute Gasteiger partial charge is 0.307 e. The predicted octanol–water partition coefficient (Wildman–Crippen LogP) is 3.87. The maximum atomic E-state index is 12.8. The zero-order chi connectivity index (χ0) is 23.7. The largest absolute Gasteiger partial charge is 0.496 e. The first kappa shape index (κ1) is 23.8. The Bertz CT molecular complexity index is 1010. The molecule has 0 saturated carbocycles. The standard InChI is InChI=1S/C26H27NO6/c1-31-21-14-9-15-22(32-2)24(21)25(30)27-16-17-33-26(18-23(28)29,19-10-5-3-6-11-19)20-12-7-4-8-13-20/h3-15H,16-18H2,1-2H3,(H,27,30)(H,28,29). The minimum Gasteiger partial charge on any atom is -0.496 e. The van der Waals surface area contributed by atoms with Crippen molar-refractivity contribution in [2.24, 2.45) is 0 Å². The van der Waals surface area contributed by atoms with Gasteiger partial charge in [0.05, 0.1) is 27.2 Å². The first-order chi connectivity index (χ1) is 16.0. The molecule has 0 aliphatic rings. The Hall–Kier alpha value is -3.84. The van der Waals surface area contributed by atoms with Crippen LogP contribution in [-0.2, 0) is 15.1 Å². The van der Waals surface area contributed by atoms with Crippen molar-refractivity contribution in [3.63, 3.8) is 0 Å². The molecule has 3 aromatic rings. The van der Waals surface area contributed by atoms with Gasteiger partial charge in [0.1, 0.15) is 22.7 Å². The van der Waals surface area contributed by atoms with Crippen molar-refractivity contribution in [1.29, 1.82) is 0 Å². The summed E-state index contributed by atoms with van der Waals surface area (Å²) in [5, 5.41) is 12.5. The van der Waals surface area contributed by atoms with E-state index < -0.39 is 11.6 Å². The molecule has 0 bridgehead atoms. The monoisotopic (exact) mass is 449 g/mol. The first-order valence-electron chi connectivity index (χ1n) is 10.5. The van der Waals surface area contributed by atoms with Crippen LogP contribution < -0.4 is 14.8 Å². The lowest BCUT2D eigenvalue weighted by atomic mass is 9.83. The number of amides is 1. The summed E-state index contributed by atoms with van der Waals surface area (Å²) in [6.07, 6.45) is -0.269. The van der Waals surface area contributed by atoms with Crippen molar-refractivity contribution >= 4 is 11.9 Å². The maximum Gasteiger partial charge on any atom is 0.307 e. The third-order valence-electron chi connectivity index (χ3n) is 5.27. The van der Waals surface area contributed by atoms with E-state index in [0.717, 1.165) is 11.1 Å². The molecule has 7 heteroatoms. The molecule has 0 atom stereocenters.